The molecular weight excluding hydrogens is 276 g/mol. The van der Waals surface area contributed by atoms with Gasteiger partial charge in [-0.3, -0.25) is 4.79 Å². The van der Waals surface area contributed by atoms with E-state index in [1.807, 2.05) is 42.5 Å². The molecule has 2 heterocycles. The Morgan fingerprint density at radius 3 is 2.91 bits per heavy atom. The van der Waals surface area contributed by atoms with E-state index in [-0.39, 0.29) is 5.91 Å². The summed E-state index contributed by atoms with van der Waals surface area (Å²) in [6.07, 6.45) is 2.09. The zero-order valence-electron chi connectivity index (χ0n) is 12.1. The van der Waals surface area contributed by atoms with Gasteiger partial charge in [-0.15, -0.1) is 10.2 Å². The molecule has 110 valence electrons. The van der Waals surface area contributed by atoms with Gasteiger partial charge < -0.3 is 9.88 Å². The minimum Gasteiger partial charge on any atom is -0.345 e. The Morgan fingerprint density at radius 1 is 1.14 bits per heavy atom. The summed E-state index contributed by atoms with van der Waals surface area (Å²) >= 11 is 0. The summed E-state index contributed by atoms with van der Waals surface area (Å²) in [5.74, 6) is 1.78. The molecule has 3 aromatic rings. The molecule has 5 nitrogen and oxygen atoms in total. The third kappa shape index (κ3) is 2.24. The average Bonchev–Trinajstić information content (AvgIpc) is 3.16. The maximum atomic E-state index is 12.3. The Kier molecular flexibility index (Phi) is 3.11. The molecule has 5 heteroatoms. The van der Waals surface area contributed by atoms with Gasteiger partial charge in [0.05, 0.1) is 6.54 Å². The lowest BCUT2D eigenvalue weighted by Crippen LogP contribution is -2.24. The number of amides is 1. The van der Waals surface area contributed by atoms with E-state index >= 15 is 0 Å². The standard InChI is InChI=1S/C17H16N4O/c22-17(14-8-7-12-4-1-2-5-13(12)10-14)18-11-16-20-19-15-6-3-9-21(15)16/h1-2,4-5,7-8,10H,3,6,9,11H2,(H,18,22). The van der Waals surface area contributed by atoms with Crippen molar-refractivity contribution in [3.8, 4) is 0 Å². The van der Waals surface area contributed by atoms with E-state index in [9.17, 15) is 4.79 Å². The molecule has 0 saturated heterocycles. The van der Waals surface area contributed by atoms with E-state index in [0.717, 1.165) is 41.8 Å². The predicted octanol–water partition coefficient (Wildman–Crippen LogP) is 2.31. The van der Waals surface area contributed by atoms with Crippen LogP contribution in [-0.4, -0.2) is 20.7 Å². The number of aryl methyl sites for hydroxylation is 1. The molecule has 4 rings (SSSR count). The fourth-order valence-corrected chi connectivity index (χ4v) is 2.93. The van der Waals surface area contributed by atoms with Gasteiger partial charge in [-0.1, -0.05) is 30.3 Å². The third-order valence-electron chi connectivity index (χ3n) is 4.10. The van der Waals surface area contributed by atoms with Crippen LogP contribution in [0.4, 0.5) is 0 Å². The topological polar surface area (TPSA) is 59.8 Å². The van der Waals surface area contributed by atoms with Crippen molar-refractivity contribution in [3.63, 3.8) is 0 Å². The molecule has 0 bridgehead atoms. The van der Waals surface area contributed by atoms with E-state index in [0.29, 0.717) is 12.1 Å². The minimum atomic E-state index is -0.0823. The van der Waals surface area contributed by atoms with Crippen LogP contribution in [-0.2, 0) is 19.5 Å². The molecule has 1 N–H and O–H groups in total. The number of carbonyl (C=O) groups excluding carboxylic acids is 1. The highest BCUT2D eigenvalue weighted by atomic mass is 16.1. The number of rotatable bonds is 3. The van der Waals surface area contributed by atoms with E-state index in [1.54, 1.807) is 0 Å². The van der Waals surface area contributed by atoms with Crippen molar-refractivity contribution in [3.05, 3.63) is 59.7 Å². The first-order chi connectivity index (χ1) is 10.8. The van der Waals surface area contributed by atoms with E-state index in [4.69, 9.17) is 0 Å². The van der Waals surface area contributed by atoms with Crippen LogP contribution in [0.1, 0.15) is 28.4 Å². The van der Waals surface area contributed by atoms with Crippen LogP contribution in [0, 0.1) is 0 Å². The van der Waals surface area contributed by atoms with Crippen molar-refractivity contribution in [2.24, 2.45) is 0 Å². The Bertz CT molecular complexity index is 853. The highest BCUT2D eigenvalue weighted by Gasteiger charge is 2.17. The molecular formula is C17H16N4O. The highest BCUT2D eigenvalue weighted by Crippen LogP contribution is 2.16. The SMILES string of the molecule is O=C(NCc1nnc2n1CCC2)c1ccc2ccccc2c1. The fraction of sp³-hybridized carbons (Fsp3) is 0.235. The Hall–Kier alpha value is -2.69. The normalized spacial score (nSPS) is 13.3. The number of nitrogens with zero attached hydrogens (tertiary/aromatic N) is 3. The van der Waals surface area contributed by atoms with Crippen LogP contribution in [0.2, 0.25) is 0 Å². The number of hydrogen-bond donors (Lipinski definition) is 1. The molecule has 1 aliphatic heterocycles. The summed E-state index contributed by atoms with van der Waals surface area (Å²) in [4.78, 5) is 12.3. The summed E-state index contributed by atoms with van der Waals surface area (Å²) in [5.41, 5.74) is 0.667. The molecule has 2 aromatic carbocycles. The van der Waals surface area contributed by atoms with Gasteiger partial charge in [0.15, 0.2) is 5.82 Å². The molecule has 0 saturated carbocycles. The first-order valence-corrected chi connectivity index (χ1v) is 7.49. The lowest BCUT2D eigenvalue weighted by Gasteiger charge is -2.07. The van der Waals surface area contributed by atoms with E-state index in [1.165, 1.54) is 0 Å². The Morgan fingerprint density at radius 2 is 2.00 bits per heavy atom. The molecule has 0 spiro atoms. The molecule has 0 atom stereocenters. The van der Waals surface area contributed by atoms with E-state index in [2.05, 4.69) is 20.1 Å². The second-order valence-corrected chi connectivity index (χ2v) is 5.53. The molecule has 0 unspecified atom stereocenters. The molecule has 0 aliphatic carbocycles. The highest BCUT2D eigenvalue weighted by molar-refractivity contribution is 5.98. The Balaban J connectivity index is 1.51. The maximum absolute atomic E-state index is 12.3. The van der Waals surface area contributed by atoms with Crippen molar-refractivity contribution in [1.82, 2.24) is 20.1 Å². The number of hydrogen-bond acceptors (Lipinski definition) is 3. The van der Waals surface area contributed by atoms with Gasteiger partial charge in [0.25, 0.3) is 5.91 Å². The number of benzene rings is 2. The molecule has 0 radical (unpaired) electrons. The molecule has 1 aliphatic rings. The first-order valence-electron chi connectivity index (χ1n) is 7.49. The number of nitrogens with one attached hydrogen (secondary N) is 1. The van der Waals surface area contributed by atoms with Gasteiger partial charge in [-0.2, -0.15) is 0 Å². The lowest BCUT2D eigenvalue weighted by molar-refractivity contribution is 0.0949. The fourth-order valence-electron chi connectivity index (χ4n) is 2.93. The molecule has 1 amide bonds. The summed E-state index contributed by atoms with van der Waals surface area (Å²) in [7, 11) is 0. The van der Waals surface area contributed by atoms with Gasteiger partial charge in [0.2, 0.25) is 0 Å². The zero-order valence-corrected chi connectivity index (χ0v) is 12.1. The monoisotopic (exact) mass is 292 g/mol. The van der Waals surface area contributed by atoms with Crippen LogP contribution in [0.25, 0.3) is 10.8 Å². The molecule has 22 heavy (non-hydrogen) atoms. The van der Waals surface area contributed by atoms with Crippen LogP contribution in [0.15, 0.2) is 42.5 Å². The van der Waals surface area contributed by atoms with Crippen molar-refractivity contribution >= 4 is 16.7 Å². The summed E-state index contributed by atoms with van der Waals surface area (Å²) in [6, 6.07) is 13.8. The quantitative estimate of drug-likeness (QED) is 0.806. The second-order valence-electron chi connectivity index (χ2n) is 5.53. The van der Waals surface area contributed by atoms with Gasteiger partial charge in [0.1, 0.15) is 5.82 Å². The minimum absolute atomic E-state index is 0.0823. The number of carbonyl (C=O) groups is 1. The van der Waals surface area contributed by atoms with Crippen LogP contribution >= 0.6 is 0 Å². The summed E-state index contributed by atoms with van der Waals surface area (Å²) in [5, 5.41) is 13.4. The largest absolute Gasteiger partial charge is 0.345 e. The van der Waals surface area contributed by atoms with E-state index < -0.39 is 0 Å². The predicted molar refractivity (Wildman–Crippen MR) is 83.5 cm³/mol. The Labute approximate surface area is 128 Å². The lowest BCUT2D eigenvalue weighted by atomic mass is 10.1. The second kappa shape index (κ2) is 5.26. The first kappa shape index (κ1) is 13.0. The maximum Gasteiger partial charge on any atom is 0.251 e. The summed E-state index contributed by atoms with van der Waals surface area (Å²) < 4.78 is 2.10. The van der Waals surface area contributed by atoms with Gasteiger partial charge in [-0.25, -0.2) is 0 Å². The van der Waals surface area contributed by atoms with Gasteiger partial charge >= 0.3 is 0 Å². The van der Waals surface area contributed by atoms with Crippen LogP contribution in [0.3, 0.4) is 0 Å². The summed E-state index contributed by atoms with van der Waals surface area (Å²) in [6.45, 7) is 1.36. The molecule has 1 aromatic heterocycles. The van der Waals surface area contributed by atoms with Crippen LogP contribution in [0.5, 0.6) is 0 Å². The third-order valence-corrected chi connectivity index (χ3v) is 4.10. The molecule has 0 fully saturated rings. The number of aromatic nitrogens is 3. The van der Waals surface area contributed by atoms with Crippen molar-refractivity contribution < 1.29 is 4.79 Å². The van der Waals surface area contributed by atoms with Gasteiger partial charge in [-0.05, 0) is 29.3 Å². The van der Waals surface area contributed by atoms with Crippen molar-refractivity contribution in [1.29, 1.82) is 0 Å². The zero-order chi connectivity index (χ0) is 14.9. The smallest absolute Gasteiger partial charge is 0.251 e. The van der Waals surface area contributed by atoms with Gasteiger partial charge in [0, 0.05) is 18.5 Å². The van der Waals surface area contributed by atoms with Crippen molar-refractivity contribution in [2.75, 3.05) is 0 Å². The number of fused-ring (bicyclic) bond motifs is 2. The average molecular weight is 292 g/mol. The van der Waals surface area contributed by atoms with Crippen LogP contribution < -0.4 is 5.32 Å². The van der Waals surface area contributed by atoms with Crippen molar-refractivity contribution in [2.45, 2.75) is 25.9 Å².